The molecule has 0 aliphatic rings. The molecule has 4 nitrogen and oxygen atoms in total. The molecular weight excluding hydrogens is 344 g/mol. The standard InChI is InChI=1S/C21H28O4Si/c1-19(2,3)15-21(23,16-11-7-5-8-12-16)20(4,25-26)18(22)24-17-13-9-6-10-14-17/h5-14,23H,15H2,1-4,26H3. The van der Waals surface area contributed by atoms with Crippen LogP contribution in [0, 0.1) is 5.41 Å². The zero-order valence-electron chi connectivity index (χ0n) is 16.2. The molecule has 0 aromatic heterocycles. The van der Waals surface area contributed by atoms with Crippen LogP contribution in [0.3, 0.4) is 0 Å². The molecule has 0 bridgehead atoms. The van der Waals surface area contributed by atoms with Gasteiger partial charge >= 0.3 is 5.97 Å². The third-order valence-electron chi connectivity index (χ3n) is 4.58. The van der Waals surface area contributed by atoms with Crippen molar-refractivity contribution in [2.45, 2.75) is 45.3 Å². The molecule has 140 valence electrons. The Balaban J connectivity index is 2.49. The second kappa shape index (κ2) is 7.74. The molecule has 2 rings (SSSR count). The van der Waals surface area contributed by atoms with E-state index in [1.807, 2.05) is 57.2 Å². The van der Waals surface area contributed by atoms with Gasteiger partial charge in [-0.05, 0) is 36.5 Å². The highest BCUT2D eigenvalue weighted by atomic mass is 28.2. The molecule has 0 saturated carbocycles. The molecule has 0 saturated heterocycles. The van der Waals surface area contributed by atoms with Crippen LogP contribution in [0.1, 0.15) is 39.7 Å². The number of ether oxygens (including phenoxy) is 1. The van der Waals surface area contributed by atoms with Crippen LogP contribution in [-0.2, 0) is 14.8 Å². The summed E-state index contributed by atoms with van der Waals surface area (Å²) < 4.78 is 11.3. The highest BCUT2D eigenvalue weighted by Crippen LogP contribution is 2.44. The first kappa shape index (κ1) is 20.4. The van der Waals surface area contributed by atoms with Crippen molar-refractivity contribution in [3.05, 3.63) is 66.2 Å². The number of esters is 1. The van der Waals surface area contributed by atoms with E-state index in [2.05, 4.69) is 0 Å². The van der Waals surface area contributed by atoms with Crippen LogP contribution in [-0.4, -0.2) is 27.2 Å². The Morgan fingerprint density at radius 2 is 1.46 bits per heavy atom. The molecule has 5 heteroatoms. The predicted molar refractivity (Wildman–Crippen MR) is 106 cm³/mol. The average Bonchev–Trinajstić information content (AvgIpc) is 2.61. The molecule has 0 heterocycles. The maximum Gasteiger partial charge on any atom is 0.345 e. The molecule has 26 heavy (non-hydrogen) atoms. The number of carbonyl (C=O) groups is 1. The van der Waals surface area contributed by atoms with E-state index in [1.165, 1.54) is 0 Å². The fourth-order valence-electron chi connectivity index (χ4n) is 3.14. The van der Waals surface area contributed by atoms with E-state index >= 15 is 0 Å². The second-order valence-electron chi connectivity index (χ2n) is 7.90. The molecule has 0 aliphatic heterocycles. The van der Waals surface area contributed by atoms with Crippen molar-refractivity contribution >= 4 is 16.5 Å². The van der Waals surface area contributed by atoms with E-state index in [0.717, 1.165) is 0 Å². The van der Waals surface area contributed by atoms with Crippen LogP contribution in [0.25, 0.3) is 0 Å². The van der Waals surface area contributed by atoms with Gasteiger partial charge in [-0.15, -0.1) is 0 Å². The van der Waals surface area contributed by atoms with Gasteiger partial charge in [0, 0.05) is 0 Å². The van der Waals surface area contributed by atoms with Crippen molar-refractivity contribution in [2.75, 3.05) is 0 Å². The summed E-state index contributed by atoms with van der Waals surface area (Å²) in [4.78, 5) is 13.1. The minimum Gasteiger partial charge on any atom is -0.424 e. The first-order valence-electron chi connectivity index (χ1n) is 8.73. The van der Waals surface area contributed by atoms with E-state index in [-0.39, 0.29) is 15.9 Å². The lowest BCUT2D eigenvalue weighted by Gasteiger charge is -2.45. The van der Waals surface area contributed by atoms with Crippen LogP contribution in [0.4, 0.5) is 0 Å². The summed E-state index contributed by atoms with van der Waals surface area (Å²) in [5, 5.41) is 11.8. The van der Waals surface area contributed by atoms with E-state index < -0.39 is 17.2 Å². The van der Waals surface area contributed by atoms with Crippen molar-refractivity contribution in [2.24, 2.45) is 5.41 Å². The Kier molecular flexibility index (Phi) is 6.06. The van der Waals surface area contributed by atoms with Gasteiger partial charge in [-0.1, -0.05) is 69.3 Å². The normalized spacial score (nSPS) is 16.5. The number of carbonyl (C=O) groups excluding carboxylic acids is 1. The minimum absolute atomic E-state index is 0.237. The van der Waals surface area contributed by atoms with Gasteiger partial charge < -0.3 is 14.3 Å². The van der Waals surface area contributed by atoms with Gasteiger partial charge in [0.25, 0.3) is 0 Å². The molecule has 0 aliphatic carbocycles. The second-order valence-corrected chi connectivity index (χ2v) is 8.31. The molecule has 0 spiro atoms. The van der Waals surface area contributed by atoms with Crippen molar-refractivity contribution in [3.63, 3.8) is 0 Å². The monoisotopic (exact) mass is 372 g/mol. The zero-order chi connectivity index (χ0) is 19.4. The predicted octanol–water partition coefficient (Wildman–Crippen LogP) is 2.97. The Bertz CT molecular complexity index is 727. The topological polar surface area (TPSA) is 55.8 Å². The number of hydrogen-bond donors (Lipinski definition) is 1. The first-order valence-corrected chi connectivity index (χ1v) is 9.54. The molecular formula is C21H28O4Si. The molecule has 0 fully saturated rings. The van der Waals surface area contributed by atoms with Gasteiger partial charge in [-0.3, -0.25) is 0 Å². The highest BCUT2D eigenvalue weighted by molar-refractivity contribution is 6.01. The van der Waals surface area contributed by atoms with Crippen LogP contribution >= 0.6 is 0 Å². The number of aliphatic hydroxyl groups is 1. The molecule has 0 amide bonds. The third kappa shape index (κ3) is 4.23. The van der Waals surface area contributed by atoms with Crippen molar-refractivity contribution in [1.82, 2.24) is 0 Å². The van der Waals surface area contributed by atoms with E-state index in [0.29, 0.717) is 17.7 Å². The lowest BCUT2D eigenvalue weighted by molar-refractivity contribution is -0.187. The van der Waals surface area contributed by atoms with Crippen LogP contribution < -0.4 is 4.74 Å². The van der Waals surface area contributed by atoms with Gasteiger partial charge in [0.05, 0.1) is 0 Å². The van der Waals surface area contributed by atoms with Gasteiger partial charge in [0.15, 0.2) is 5.60 Å². The maximum absolute atomic E-state index is 13.1. The van der Waals surface area contributed by atoms with Gasteiger partial charge in [-0.2, -0.15) is 0 Å². The van der Waals surface area contributed by atoms with Crippen LogP contribution in [0.5, 0.6) is 5.75 Å². The Labute approximate surface area is 158 Å². The fourth-order valence-corrected chi connectivity index (χ4v) is 3.65. The molecule has 2 aromatic rings. The summed E-state index contributed by atoms with van der Waals surface area (Å²) in [5.74, 6) is -0.178. The number of rotatable bonds is 6. The third-order valence-corrected chi connectivity index (χ3v) is 5.39. The van der Waals surface area contributed by atoms with E-state index in [1.54, 1.807) is 31.2 Å². The van der Waals surface area contributed by atoms with E-state index in [9.17, 15) is 9.90 Å². The molecule has 0 radical (unpaired) electrons. The van der Waals surface area contributed by atoms with Gasteiger partial charge in [0.2, 0.25) is 0 Å². The lowest BCUT2D eigenvalue weighted by atomic mass is 9.69. The highest BCUT2D eigenvalue weighted by Gasteiger charge is 2.56. The van der Waals surface area contributed by atoms with Crippen molar-refractivity contribution in [3.8, 4) is 5.75 Å². The number of hydrogen-bond acceptors (Lipinski definition) is 4. The summed E-state index contributed by atoms with van der Waals surface area (Å²) in [6, 6.07) is 18.0. The number of para-hydroxylation sites is 1. The van der Waals surface area contributed by atoms with Gasteiger partial charge in [0.1, 0.15) is 21.8 Å². The summed E-state index contributed by atoms with van der Waals surface area (Å²) in [6.07, 6.45) is 0.340. The lowest BCUT2D eigenvalue weighted by Crippen LogP contribution is -2.59. The van der Waals surface area contributed by atoms with Crippen molar-refractivity contribution < 1.29 is 19.1 Å². The van der Waals surface area contributed by atoms with E-state index in [4.69, 9.17) is 9.16 Å². The smallest absolute Gasteiger partial charge is 0.345 e. The Morgan fingerprint density at radius 3 is 1.92 bits per heavy atom. The first-order chi connectivity index (χ1) is 12.1. The quantitative estimate of drug-likeness (QED) is 0.481. The SMILES string of the molecule is CC(C)(C)CC(O)(c1ccccc1)C(C)(O[SiH3])C(=O)Oc1ccccc1. The zero-order valence-corrected chi connectivity index (χ0v) is 18.2. The van der Waals surface area contributed by atoms with Crippen LogP contribution in [0.15, 0.2) is 60.7 Å². The van der Waals surface area contributed by atoms with Crippen LogP contribution in [0.2, 0.25) is 0 Å². The minimum atomic E-state index is -1.53. The summed E-state index contributed by atoms with van der Waals surface area (Å²) in [7, 11) is 0.274. The van der Waals surface area contributed by atoms with Gasteiger partial charge in [-0.25, -0.2) is 4.79 Å². The fraction of sp³-hybridized carbons (Fsp3) is 0.381. The maximum atomic E-state index is 13.1. The Morgan fingerprint density at radius 1 is 0.962 bits per heavy atom. The largest absolute Gasteiger partial charge is 0.424 e. The molecule has 2 atom stereocenters. The molecule has 2 aromatic carbocycles. The molecule has 2 unspecified atom stereocenters. The summed E-state index contributed by atoms with van der Waals surface area (Å²) in [5.41, 5.74) is -2.65. The summed E-state index contributed by atoms with van der Waals surface area (Å²) >= 11 is 0. The Hall–Kier alpha value is -1.95. The molecule has 1 N–H and O–H groups in total. The average molecular weight is 373 g/mol. The van der Waals surface area contributed by atoms with Crippen molar-refractivity contribution in [1.29, 1.82) is 0 Å². The number of benzene rings is 2. The summed E-state index contributed by atoms with van der Waals surface area (Å²) in [6.45, 7) is 7.69.